The molecule has 0 aliphatic carbocycles. The molecule has 1 aliphatic heterocycles. The van der Waals surface area contributed by atoms with Gasteiger partial charge >= 0.3 is 0 Å². The molecule has 1 aromatic heterocycles. The van der Waals surface area contributed by atoms with E-state index >= 15 is 0 Å². The van der Waals surface area contributed by atoms with Crippen LogP contribution in [0.15, 0.2) is 18.5 Å². The molecule has 5 heteroatoms. The van der Waals surface area contributed by atoms with Crippen LogP contribution in [0.3, 0.4) is 0 Å². The van der Waals surface area contributed by atoms with E-state index in [-0.39, 0.29) is 6.10 Å². The second kappa shape index (κ2) is 7.31. The summed E-state index contributed by atoms with van der Waals surface area (Å²) < 4.78 is 10.9. The van der Waals surface area contributed by atoms with Crippen LogP contribution in [0.1, 0.15) is 13.3 Å². The molecule has 5 nitrogen and oxygen atoms in total. The van der Waals surface area contributed by atoms with Crippen LogP contribution in [0.4, 0.5) is 5.69 Å². The minimum atomic E-state index is 0.139. The lowest BCUT2D eigenvalue weighted by Gasteiger charge is -2.29. The quantitative estimate of drug-likeness (QED) is 0.840. The third kappa shape index (κ3) is 4.36. The fraction of sp³-hybridized carbons (Fsp3) is 0.643. The molecular weight excluding hydrogens is 242 g/mol. The van der Waals surface area contributed by atoms with Crippen molar-refractivity contribution in [2.45, 2.75) is 19.4 Å². The van der Waals surface area contributed by atoms with Gasteiger partial charge in [0, 0.05) is 52.4 Å². The molecule has 1 atom stereocenters. The number of methoxy groups -OCH3 is 1. The van der Waals surface area contributed by atoms with Crippen molar-refractivity contribution in [2.75, 3.05) is 44.8 Å². The Morgan fingerprint density at radius 3 is 2.89 bits per heavy atom. The first-order valence-corrected chi connectivity index (χ1v) is 6.86. The molecule has 1 aliphatic rings. The molecule has 1 aromatic rings. The van der Waals surface area contributed by atoms with E-state index in [1.54, 1.807) is 13.3 Å². The Morgan fingerprint density at radius 2 is 2.16 bits per heavy atom. The fourth-order valence-electron chi connectivity index (χ4n) is 2.14. The zero-order valence-corrected chi connectivity index (χ0v) is 11.8. The number of hydrogen-bond donors (Lipinski definition) is 1. The maximum atomic E-state index is 5.86. The molecule has 2 heterocycles. The third-order valence-electron chi connectivity index (χ3n) is 3.25. The fourth-order valence-corrected chi connectivity index (χ4v) is 2.14. The summed E-state index contributed by atoms with van der Waals surface area (Å²) in [6.45, 7) is 6.85. The van der Waals surface area contributed by atoms with Gasteiger partial charge in [-0.15, -0.1) is 0 Å². The normalized spacial score (nSPS) is 17.3. The van der Waals surface area contributed by atoms with Crippen molar-refractivity contribution >= 4 is 5.69 Å². The lowest BCUT2D eigenvalue weighted by molar-refractivity contribution is 0.135. The summed E-state index contributed by atoms with van der Waals surface area (Å²) in [5.41, 5.74) is 1.14. The highest BCUT2D eigenvalue weighted by atomic mass is 16.5. The van der Waals surface area contributed by atoms with E-state index in [1.807, 2.05) is 6.20 Å². The van der Waals surface area contributed by atoms with Crippen molar-refractivity contribution in [3.8, 4) is 5.75 Å². The van der Waals surface area contributed by atoms with E-state index in [0.717, 1.165) is 44.0 Å². The van der Waals surface area contributed by atoms with E-state index in [1.165, 1.54) is 0 Å². The number of aromatic nitrogens is 1. The lowest BCUT2D eigenvalue weighted by Crippen LogP contribution is -2.43. The van der Waals surface area contributed by atoms with E-state index in [9.17, 15) is 0 Å². The van der Waals surface area contributed by atoms with Gasteiger partial charge in [0.1, 0.15) is 5.75 Å². The minimum Gasteiger partial charge on any atom is -0.489 e. The van der Waals surface area contributed by atoms with Gasteiger partial charge in [0.15, 0.2) is 0 Å². The summed E-state index contributed by atoms with van der Waals surface area (Å²) in [7, 11) is 1.71. The van der Waals surface area contributed by atoms with Gasteiger partial charge in [0.2, 0.25) is 0 Å². The molecule has 106 valence electrons. The average molecular weight is 265 g/mol. The van der Waals surface area contributed by atoms with Crippen molar-refractivity contribution in [1.82, 2.24) is 10.3 Å². The number of nitrogens with zero attached hydrogens (tertiary/aromatic N) is 2. The van der Waals surface area contributed by atoms with Crippen LogP contribution in [0.5, 0.6) is 5.75 Å². The number of rotatable bonds is 6. The first-order valence-electron chi connectivity index (χ1n) is 6.86. The topological polar surface area (TPSA) is 46.6 Å². The molecule has 0 bridgehead atoms. The van der Waals surface area contributed by atoms with Gasteiger partial charge in [-0.2, -0.15) is 0 Å². The van der Waals surface area contributed by atoms with Gasteiger partial charge in [-0.05, 0) is 6.92 Å². The van der Waals surface area contributed by atoms with Gasteiger partial charge in [0.05, 0.1) is 24.2 Å². The van der Waals surface area contributed by atoms with Crippen molar-refractivity contribution in [3.63, 3.8) is 0 Å². The average Bonchev–Trinajstić information content (AvgIpc) is 2.46. The number of ether oxygens (including phenoxy) is 2. The Balaban J connectivity index is 1.94. The Morgan fingerprint density at radius 1 is 1.37 bits per heavy atom. The predicted molar refractivity (Wildman–Crippen MR) is 75.9 cm³/mol. The molecule has 19 heavy (non-hydrogen) atoms. The highest BCUT2D eigenvalue weighted by Gasteiger charge is 2.12. The third-order valence-corrected chi connectivity index (χ3v) is 3.25. The van der Waals surface area contributed by atoms with Gasteiger partial charge in [-0.3, -0.25) is 4.98 Å². The Labute approximate surface area is 114 Å². The monoisotopic (exact) mass is 265 g/mol. The molecule has 0 saturated carbocycles. The van der Waals surface area contributed by atoms with Crippen LogP contribution in [0.25, 0.3) is 0 Å². The van der Waals surface area contributed by atoms with Crippen LogP contribution in [0, 0.1) is 0 Å². The summed E-state index contributed by atoms with van der Waals surface area (Å²) >= 11 is 0. The van der Waals surface area contributed by atoms with E-state index in [4.69, 9.17) is 9.47 Å². The number of nitrogens with one attached hydrogen (secondary N) is 1. The van der Waals surface area contributed by atoms with Crippen LogP contribution in [0.2, 0.25) is 0 Å². The number of anilines is 1. The molecule has 0 spiro atoms. The molecular formula is C14H23N3O2. The number of hydrogen-bond acceptors (Lipinski definition) is 5. The van der Waals surface area contributed by atoms with E-state index in [2.05, 4.69) is 28.2 Å². The van der Waals surface area contributed by atoms with Gasteiger partial charge < -0.3 is 19.7 Å². The van der Waals surface area contributed by atoms with Crippen molar-refractivity contribution < 1.29 is 9.47 Å². The van der Waals surface area contributed by atoms with Crippen LogP contribution < -0.4 is 15.0 Å². The smallest absolute Gasteiger partial charge is 0.140 e. The van der Waals surface area contributed by atoms with Crippen molar-refractivity contribution in [3.05, 3.63) is 18.5 Å². The number of piperazine rings is 1. The van der Waals surface area contributed by atoms with Gasteiger partial charge in [-0.25, -0.2) is 0 Å². The maximum Gasteiger partial charge on any atom is 0.140 e. The van der Waals surface area contributed by atoms with Crippen molar-refractivity contribution in [2.24, 2.45) is 0 Å². The summed E-state index contributed by atoms with van der Waals surface area (Å²) in [6.07, 6.45) is 4.70. The van der Waals surface area contributed by atoms with E-state index in [0.29, 0.717) is 6.61 Å². The number of pyridine rings is 1. The van der Waals surface area contributed by atoms with Crippen LogP contribution in [-0.2, 0) is 4.74 Å². The molecule has 2 rings (SSSR count). The highest BCUT2D eigenvalue weighted by molar-refractivity contribution is 5.48. The lowest BCUT2D eigenvalue weighted by atomic mass is 10.3. The Hall–Kier alpha value is -1.33. The van der Waals surface area contributed by atoms with Crippen LogP contribution in [-0.4, -0.2) is 51.0 Å². The molecule has 1 saturated heterocycles. The zero-order chi connectivity index (χ0) is 13.5. The Kier molecular flexibility index (Phi) is 5.42. The SMILES string of the molecule is COCCC(C)Oc1cncc(N2CCNCC2)c1. The highest BCUT2D eigenvalue weighted by Crippen LogP contribution is 2.21. The summed E-state index contributed by atoms with van der Waals surface area (Å²) in [6, 6.07) is 2.07. The summed E-state index contributed by atoms with van der Waals surface area (Å²) in [4.78, 5) is 6.60. The molecule has 0 radical (unpaired) electrons. The standard InChI is InChI=1S/C14H23N3O2/c1-12(3-8-18-2)19-14-9-13(10-16-11-14)17-6-4-15-5-7-17/h9-12,15H,3-8H2,1-2H3. The maximum absolute atomic E-state index is 5.86. The van der Waals surface area contributed by atoms with Gasteiger partial charge in [-0.1, -0.05) is 0 Å². The first-order chi connectivity index (χ1) is 9.29. The molecule has 1 unspecified atom stereocenters. The minimum absolute atomic E-state index is 0.139. The summed E-state index contributed by atoms with van der Waals surface area (Å²) in [5, 5.41) is 3.35. The molecule has 1 fully saturated rings. The second-order valence-electron chi connectivity index (χ2n) is 4.83. The zero-order valence-electron chi connectivity index (χ0n) is 11.8. The van der Waals surface area contributed by atoms with Crippen molar-refractivity contribution in [1.29, 1.82) is 0 Å². The first kappa shape index (κ1) is 14.1. The van der Waals surface area contributed by atoms with Crippen LogP contribution >= 0.6 is 0 Å². The Bertz CT molecular complexity index is 381. The second-order valence-corrected chi connectivity index (χ2v) is 4.83. The van der Waals surface area contributed by atoms with E-state index < -0.39 is 0 Å². The van der Waals surface area contributed by atoms with Gasteiger partial charge in [0.25, 0.3) is 0 Å². The predicted octanol–water partition coefficient (Wildman–Crippen LogP) is 1.29. The molecule has 0 aromatic carbocycles. The summed E-state index contributed by atoms with van der Waals surface area (Å²) in [5.74, 6) is 0.833. The molecule has 1 N–H and O–H groups in total. The molecule has 0 amide bonds. The largest absolute Gasteiger partial charge is 0.489 e.